The van der Waals surface area contributed by atoms with Gasteiger partial charge in [0.15, 0.2) is 0 Å². The molecule has 118 valence electrons. The molecule has 0 bridgehead atoms. The third kappa shape index (κ3) is 3.37. The lowest BCUT2D eigenvalue weighted by Gasteiger charge is -2.21. The van der Waals surface area contributed by atoms with Crippen molar-refractivity contribution >= 4 is 17.6 Å². The lowest BCUT2D eigenvalue weighted by molar-refractivity contribution is -0.116. The molecule has 2 heterocycles. The average Bonchev–Trinajstić information content (AvgIpc) is 2.99. The highest BCUT2D eigenvalue weighted by Gasteiger charge is 2.19. The Balaban J connectivity index is 1.61. The van der Waals surface area contributed by atoms with Crippen LogP contribution in [0, 0.1) is 0 Å². The van der Waals surface area contributed by atoms with E-state index in [0.29, 0.717) is 6.42 Å². The van der Waals surface area contributed by atoms with Crippen LogP contribution in [0.2, 0.25) is 0 Å². The van der Waals surface area contributed by atoms with Gasteiger partial charge >= 0.3 is 6.03 Å². The highest BCUT2D eigenvalue weighted by atomic mass is 16.2. The molecule has 0 spiro atoms. The zero-order valence-electron chi connectivity index (χ0n) is 12.5. The minimum atomic E-state index is -0.172. The molecule has 1 atom stereocenters. The summed E-state index contributed by atoms with van der Waals surface area (Å²) in [7, 11) is 0. The first-order valence-electron chi connectivity index (χ1n) is 7.57. The number of carbonyl (C=O) groups excluding carboxylic acids is 2. The van der Waals surface area contributed by atoms with E-state index in [1.165, 1.54) is 0 Å². The molecule has 2 aliphatic rings. The number of amides is 3. The van der Waals surface area contributed by atoms with Crippen LogP contribution in [0.5, 0.6) is 0 Å². The van der Waals surface area contributed by atoms with Gasteiger partial charge in [0.1, 0.15) is 0 Å². The van der Waals surface area contributed by atoms with Gasteiger partial charge in [0.25, 0.3) is 0 Å². The zero-order valence-corrected chi connectivity index (χ0v) is 12.5. The van der Waals surface area contributed by atoms with Crippen molar-refractivity contribution in [1.29, 1.82) is 0 Å². The van der Waals surface area contributed by atoms with Crippen LogP contribution >= 0.6 is 0 Å². The van der Waals surface area contributed by atoms with E-state index in [0.717, 1.165) is 36.3 Å². The molecule has 1 saturated heterocycles. The van der Waals surface area contributed by atoms with Crippen LogP contribution in [0.3, 0.4) is 0 Å². The van der Waals surface area contributed by atoms with Gasteiger partial charge in [0.05, 0.1) is 12.1 Å². The number of rotatable bonds is 3. The fourth-order valence-electron chi connectivity index (χ4n) is 2.74. The number of aryl methyl sites for hydroxylation is 1. The molecule has 0 aromatic heterocycles. The summed E-state index contributed by atoms with van der Waals surface area (Å²) >= 11 is 0. The molecule has 3 amide bonds. The van der Waals surface area contributed by atoms with Crippen LogP contribution in [0.4, 0.5) is 10.5 Å². The summed E-state index contributed by atoms with van der Waals surface area (Å²) in [5, 5.41) is 8.72. The molecule has 7 nitrogen and oxygen atoms in total. The molecule has 5 N–H and O–H groups in total. The van der Waals surface area contributed by atoms with Crippen molar-refractivity contribution in [3.8, 4) is 0 Å². The minimum Gasteiger partial charge on any atom is -0.333 e. The molecule has 1 aromatic carbocycles. The summed E-state index contributed by atoms with van der Waals surface area (Å²) in [5.41, 5.74) is 8.98. The maximum Gasteiger partial charge on any atom is 0.315 e. The van der Waals surface area contributed by atoms with Gasteiger partial charge in [-0.05, 0) is 30.5 Å². The third-order valence-corrected chi connectivity index (χ3v) is 4.03. The first-order valence-corrected chi connectivity index (χ1v) is 7.57. The Bertz CT molecular complexity index is 583. The summed E-state index contributed by atoms with van der Waals surface area (Å²) in [5.74, 6) is 0.0598. The first kappa shape index (κ1) is 14.8. The van der Waals surface area contributed by atoms with Gasteiger partial charge < -0.3 is 16.0 Å². The summed E-state index contributed by atoms with van der Waals surface area (Å²) in [6.45, 7) is 3.40. The molecule has 0 radical (unpaired) electrons. The Morgan fingerprint density at radius 3 is 2.82 bits per heavy atom. The molecule has 0 saturated carbocycles. The van der Waals surface area contributed by atoms with Crippen LogP contribution < -0.4 is 26.8 Å². The van der Waals surface area contributed by atoms with Crippen LogP contribution in [0.1, 0.15) is 30.5 Å². The number of hydrogen-bond donors (Lipinski definition) is 5. The number of anilines is 1. The SMILES string of the molecule is CC(NC(=O)NC1CNNC1)c1ccc2c(c1)CCC(=O)N2. The largest absolute Gasteiger partial charge is 0.333 e. The van der Waals surface area contributed by atoms with E-state index in [1.807, 2.05) is 19.1 Å². The summed E-state index contributed by atoms with van der Waals surface area (Å²) < 4.78 is 0. The average molecular weight is 303 g/mol. The van der Waals surface area contributed by atoms with Crippen molar-refractivity contribution in [1.82, 2.24) is 21.5 Å². The molecular formula is C15H21N5O2. The second kappa shape index (κ2) is 6.33. The lowest BCUT2D eigenvalue weighted by atomic mass is 9.98. The van der Waals surface area contributed by atoms with Crippen molar-refractivity contribution in [3.63, 3.8) is 0 Å². The van der Waals surface area contributed by atoms with Gasteiger partial charge in [-0.3, -0.25) is 15.6 Å². The molecule has 2 aliphatic heterocycles. The fraction of sp³-hybridized carbons (Fsp3) is 0.467. The quantitative estimate of drug-likeness (QED) is 0.559. The monoisotopic (exact) mass is 303 g/mol. The highest BCUT2D eigenvalue weighted by Crippen LogP contribution is 2.26. The molecule has 0 aliphatic carbocycles. The third-order valence-electron chi connectivity index (χ3n) is 4.03. The second-order valence-corrected chi connectivity index (χ2v) is 5.76. The second-order valence-electron chi connectivity index (χ2n) is 5.76. The van der Waals surface area contributed by atoms with Gasteiger partial charge in [-0.15, -0.1) is 0 Å². The highest BCUT2D eigenvalue weighted by molar-refractivity contribution is 5.93. The maximum atomic E-state index is 12.0. The number of nitrogens with one attached hydrogen (secondary N) is 5. The van der Waals surface area contributed by atoms with E-state index in [9.17, 15) is 9.59 Å². The van der Waals surface area contributed by atoms with Crippen molar-refractivity contribution < 1.29 is 9.59 Å². The maximum absolute atomic E-state index is 12.0. The molecular weight excluding hydrogens is 282 g/mol. The van der Waals surface area contributed by atoms with Crippen LogP contribution in [-0.4, -0.2) is 31.1 Å². The number of benzene rings is 1. The zero-order chi connectivity index (χ0) is 15.5. The van der Waals surface area contributed by atoms with Crippen molar-refractivity contribution in [2.24, 2.45) is 0 Å². The predicted molar refractivity (Wildman–Crippen MR) is 83.3 cm³/mol. The van der Waals surface area contributed by atoms with E-state index < -0.39 is 0 Å². The van der Waals surface area contributed by atoms with Crippen molar-refractivity contribution in [3.05, 3.63) is 29.3 Å². The lowest BCUT2D eigenvalue weighted by Crippen LogP contribution is -2.45. The predicted octanol–water partition coefficient (Wildman–Crippen LogP) is 0.408. The smallest absolute Gasteiger partial charge is 0.315 e. The fourth-order valence-corrected chi connectivity index (χ4v) is 2.74. The van der Waals surface area contributed by atoms with Crippen LogP contribution in [0.15, 0.2) is 18.2 Å². The number of urea groups is 1. The summed E-state index contributed by atoms with van der Waals surface area (Å²) in [6.07, 6.45) is 1.26. The number of fused-ring (bicyclic) bond motifs is 1. The van der Waals surface area contributed by atoms with Gasteiger partial charge in [-0.25, -0.2) is 4.79 Å². The molecule has 1 unspecified atom stereocenters. The normalized spacial score (nSPS) is 19.2. The molecule has 7 heteroatoms. The van der Waals surface area contributed by atoms with Gasteiger partial charge in [-0.1, -0.05) is 12.1 Å². The number of carbonyl (C=O) groups is 2. The topological polar surface area (TPSA) is 94.3 Å². The molecule has 1 aromatic rings. The first-order chi connectivity index (χ1) is 10.6. The van der Waals surface area contributed by atoms with Gasteiger partial charge in [-0.2, -0.15) is 0 Å². The number of hydrazine groups is 1. The van der Waals surface area contributed by atoms with Crippen molar-refractivity contribution in [2.75, 3.05) is 18.4 Å². The van der Waals surface area contributed by atoms with Crippen molar-refractivity contribution in [2.45, 2.75) is 31.8 Å². The molecule has 1 fully saturated rings. The van der Waals surface area contributed by atoms with Crippen LogP contribution in [-0.2, 0) is 11.2 Å². The summed E-state index contributed by atoms with van der Waals surface area (Å²) in [4.78, 5) is 23.3. The van der Waals surface area contributed by atoms with E-state index >= 15 is 0 Å². The van der Waals surface area contributed by atoms with E-state index in [2.05, 4.69) is 32.9 Å². The molecule has 3 rings (SSSR count). The Morgan fingerprint density at radius 2 is 2.05 bits per heavy atom. The van der Waals surface area contributed by atoms with E-state index in [1.54, 1.807) is 0 Å². The Hall–Kier alpha value is -2.12. The van der Waals surface area contributed by atoms with E-state index in [-0.39, 0.29) is 24.0 Å². The van der Waals surface area contributed by atoms with E-state index in [4.69, 9.17) is 0 Å². The van der Waals surface area contributed by atoms with Crippen LogP contribution in [0.25, 0.3) is 0 Å². The van der Waals surface area contributed by atoms with Gasteiger partial charge in [0, 0.05) is 25.2 Å². The Kier molecular flexibility index (Phi) is 4.26. The molecule has 22 heavy (non-hydrogen) atoms. The minimum absolute atomic E-state index is 0.0598. The standard InChI is InChI=1S/C15H21N5O2/c1-9(18-15(22)19-12-7-16-17-8-12)10-2-4-13-11(6-10)3-5-14(21)20-13/h2,4,6,9,12,16-17H,3,5,7-8H2,1H3,(H,20,21)(H2,18,19,22). The Labute approximate surface area is 129 Å². The van der Waals surface area contributed by atoms with Gasteiger partial charge in [0.2, 0.25) is 5.91 Å². The Morgan fingerprint density at radius 1 is 1.27 bits per heavy atom. The number of hydrogen-bond acceptors (Lipinski definition) is 4. The summed E-state index contributed by atoms with van der Waals surface area (Å²) in [6, 6.07) is 5.74.